The summed E-state index contributed by atoms with van der Waals surface area (Å²) in [6.45, 7) is 1.16. The molecule has 4 heteroatoms. The van der Waals surface area contributed by atoms with Crippen LogP contribution in [0.2, 0.25) is 0 Å². The molecule has 0 bridgehead atoms. The van der Waals surface area contributed by atoms with Crippen LogP contribution in [0.3, 0.4) is 0 Å². The highest BCUT2D eigenvalue weighted by atomic mass is 19.1. The van der Waals surface area contributed by atoms with E-state index in [2.05, 4.69) is 0 Å². The number of hydrogen-bond acceptors (Lipinski definition) is 2. The van der Waals surface area contributed by atoms with Gasteiger partial charge in [0.1, 0.15) is 5.82 Å². The molecule has 16 heavy (non-hydrogen) atoms. The fraction of sp³-hybridized carbons (Fsp3) is 0.417. The van der Waals surface area contributed by atoms with Crippen LogP contribution in [-0.4, -0.2) is 19.0 Å². The molecule has 0 saturated carbocycles. The lowest BCUT2D eigenvalue weighted by atomic mass is 10.1. The third-order valence-corrected chi connectivity index (χ3v) is 2.84. The summed E-state index contributed by atoms with van der Waals surface area (Å²) in [5, 5.41) is 0. The van der Waals surface area contributed by atoms with Crippen LogP contribution < -0.4 is 10.6 Å². The summed E-state index contributed by atoms with van der Waals surface area (Å²) in [5.41, 5.74) is 7.13. The Bertz CT molecular complexity index is 406. The summed E-state index contributed by atoms with van der Waals surface area (Å²) in [6, 6.07) is 4.62. The first-order chi connectivity index (χ1) is 7.72. The Morgan fingerprint density at radius 3 is 3.06 bits per heavy atom. The van der Waals surface area contributed by atoms with Crippen molar-refractivity contribution >= 4 is 11.6 Å². The lowest BCUT2D eigenvalue weighted by Gasteiger charge is -2.17. The summed E-state index contributed by atoms with van der Waals surface area (Å²) in [6.07, 6.45) is 1.93. The van der Waals surface area contributed by atoms with Gasteiger partial charge in [0.25, 0.3) is 0 Å². The molecule has 0 aromatic heterocycles. The molecule has 0 radical (unpaired) electrons. The summed E-state index contributed by atoms with van der Waals surface area (Å²) < 4.78 is 13.1. The number of amides is 1. The first kappa shape index (κ1) is 11.1. The summed E-state index contributed by atoms with van der Waals surface area (Å²) in [7, 11) is 0. The zero-order valence-corrected chi connectivity index (χ0v) is 9.08. The first-order valence-corrected chi connectivity index (χ1v) is 5.51. The number of anilines is 1. The molecule has 0 atom stereocenters. The lowest BCUT2D eigenvalue weighted by molar-refractivity contribution is -0.118. The van der Waals surface area contributed by atoms with E-state index in [1.165, 1.54) is 12.1 Å². The van der Waals surface area contributed by atoms with Gasteiger partial charge in [-0.25, -0.2) is 4.39 Å². The zero-order chi connectivity index (χ0) is 11.5. The maximum atomic E-state index is 13.1. The fourth-order valence-electron chi connectivity index (χ4n) is 2.00. The van der Waals surface area contributed by atoms with Gasteiger partial charge in [0, 0.05) is 18.7 Å². The highest BCUT2D eigenvalue weighted by Gasteiger charge is 2.24. The van der Waals surface area contributed by atoms with Gasteiger partial charge in [-0.15, -0.1) is 0 Å². The third kappa shape index (κ3) is 2.07. The molecule has 86 valence electrons. The van der Waals surface area contributed by atoms with Gasteiger partial charge >= 0.3 is 0 Å². The average Bonchev–Trinajstić information content (AvgIpc) is 2.68. The molecule has 0 saturated heterocycles. The van der Waals surface area contributed by atoms with Crippen LogP contribution in [0, 0.1) is 5.82 Å². The molecule has 1 aromatic rings. The van der Waals surface area contributed by atoms with E-state index < -0.39 is 0 Å². The summed E-state index contributed by atoms with van der Waals surface area (Å²) in [5.74, 6) is -0.257. The number of rotatable bonds is 3. The van der Waals surface area contributed by atoms with E-state index in [-0.39, 0.29) is 11.7 Å². The Morgan fingerprint density at radius 1 is 1.50 bits per heavy atom. The van der Waals surface area contributed by atoms with Crippen molar-refractivity contribution in [2.45, 2.75) is 19.3 Å². The molecule has 1 amide bonds. The fourth-order valence-corrected chi connectivity index (χ4v) is 2.00. The molecule has 0 fully saturated rings. The molecule has 1 aromatic carbocycles. The number of nitrogens with two attached hydrogens (primary N) is 1. The SMILES string of the molecule is NCCCC(=O)N1CCc2ccc(F)cc21. The van der Waals surface area contributed by atoms with Gasteiger partial charge in [-0.1, -0.05) is 6.07 Å². The standard InChI is InChI=1S/C12H15FN2O/c13-10-4-3-9-5-7-15(11(9)8-10)12(16)2-1-6-14/h3-4,8H,1-2,5-7,14H2. The van der Waals surface area contributed by atoms with Gasteiger partial charge in [-0.3, -0.25) is 4.79 Å². The van der Waals surface area contributed by atoms with Crippen LogP contribution in [0.5, 0.6) is 0 Å². The van der Waals surface area contributed by atoms with Gasteiger partial charge in [0.05, 0.1) is 0 Å². The predicted molar refractivity (Wildman–Crippen MR) is 60.7 cm³/mol. The smallest absolute Gasteiger partial charge is 0.227 e. The first-order valence-electron chi connectivity index (χ1n) is 5.51. The molecule has 0 unspecified atom stereocenters. The molecule has 2 rings (SSSR count). The maximum absolute atomic E-state index is 13.1. The topological polar surface area (TPSA) is 46.3 Å². The van der Waals surface area contributed by atoms with Crippen LogP contribution in [0.4, 0.5) is 10.1 Å². The second-order valence-electron chi connectivity index (χ2n) is 3.96. The molecular weight excluding hydrogens is 207 g/mol. The molecular formula is C12H15FN2O. The monoisotopic (exact) mass is 222 g/mol. The minimum absolute atomic E-state index is 0.0369. The molecule has 1 aliphatic heterocycles. The predicted octanol–water partition coefficient (Wildman–Crippen LogP) is 1.45. The van der Waals surface area contributed by atoms with E-state index in [1.54, 1.807) is 11.0 Å². The van der Waals surface area contributed by atoms with Crippen LogP contribution in [-0.2, 0) is 11.2 Å². The highest BCUT2D eigenvalue weighted by Crippen LogP contribution is 2.29. The van der Waals surface area contributed by atoms with Crippen molar-refractivity contribution in [2.75, 3.05) is 18.0 Å². The number of fused-ring (bicyclic) bond motifs is 1. The Balaban J connectivity index is 2.16. The van der Waals surface area contributed by atoms with Gasteiger partial charge in [-0.2, -0.15) is 0 Å². The van der Waals surface area contributed by atoms with Crippen LogP contribution in [0.25, 0.3) is 0 Å². The van der Waals surface area contributed by atoms with E-state index in [1.807, 2.05) is 0 Å². The van der Waals surface area contributed by atoms with E-state index in [9.17, 15) is 9.18 Å². The quantitative estimate of drug-likeness (QED) is 0.841. The van der Waals surface area contributed by atoms with Crippen LogP contribution in [0.15, 0.2) is 18.2 Å². The van der Waals surface area contributed by atoms with E-state index >= 15 is 0 Å². The number of hydrogen-bond donors (Lipinski definition) is 1. The molecule has 0 spiro atoms. The summed E-state index contributed by atoms with van der Waals surface area (Å²) >= 11 is 0. The van der Waals surface area contributed by atoms with Crippen molar-refractivity contribution in [2.24, 2.45) is 5.73 Å². The molecule has 3 nitrogen and oxygen atoms in total. The molecule has 0 aliphatic carbocycles. The minimum atomic E-state index is -0.294. The number of halogens is 1. The van der Waals surface area contributed by atoms with E-state index in [0.717, 1.165) is 17.7 Å². The average molecular weight is 222 g/mol. The number of benzene rings is 1. The normalized spacial score (nSPS) is 14.0. The number of carbonyl (C=O) groups is 1. The number of nitrogens with zero attached hydrogens (tertiary/aromatic N) is 1. The van der Waals surface area contributed by atoms with E-state index in [0.29, 0.717) is 25.9 Å². The van der Waals surface area contributed by atoms with Crippen molar-refractivity contribution in [1.29, 1.82) is 0 Å². The largest absolute Gasteiger partial charge is 0.330 e. The lowest BCUT2D eigenvalue weighted by Crippen LogP contribution is -2.29. The Kier molecular flexibility index (Phi) is 3.19. The zero-order valence-electron chi connectivity index (χ0n) is 9.08. The van der Waals surface area contributed by atoms with Gasteiger partial charge in [-0.05, 0) is 37.1 Å². The van der Waals surface area contributed by atoms with E-state index in [4.69, 9.17) is 5.73 Å². The van der Waals surface area contributed by atoms with Gasteiger partial charge in [0.2, 0.25) is 5.91 Å². The van der Waals surface area contributed by atoms with Crippen LogP contribution >= 0.6 is 0 Å². The molecule has 1 heterocycles. The molecule has 2 N–H and O–H groups in total. The van der Waals surface area contributed by atoms with Gasteiger partial charge in [0.15, 0.2) is 0 Å². The second kappa shape index (κ2) is 4.61. The Hall–Kier alpha value is -1.42. The second-order valence-corrected chi connectivity index (χ2v) is 3.96. The maximum Gasteiger partial charge on any atom is 0.227 e. The third-order valence-electron chi connectivity index (χ3n) is 2.84. The Morgan fingerprint density at radius 2 is 2.31 bits per heavy atom. The highest BCUT2D eigenvalue weighted by molar-refractivity contribution is 5.95. The van der Waals surface area contributed by atoms with Crippen molar-refractivity contribution in [1.82, 2.24) is 0 Å². The number of carbonyl (C=O) groups excluding carboxylic acids is 1. The Labute approximate surface area is 94.0 Å². The minimum Gasteiger partial charge on any atom is -0.330 e. The van der Waals surface area contributed by atoms with Crippen molar-refractivity contribution < 1.29 is 9.18 Å². The van der Waals surface area contributed by atoms with Crippen molar-refractivity contribution in [3.8, 4) is 0 Å². The van der Waals surface area contributed by atoms with Crippen molar-refractivity contribution in [3.05, 3.63) is 29.6 Å². The summed E-state index contributed by atoms with van der Waals surface area (Å²) in [4.78, 5) is 13.5. The molecule has 1 aliphatic rings. The van der Waals surface area contributed by atoms with Gasteiger partial charge < -0.3 is 10.6 Å². The van der Waals surface area contributed by atoms with Crippen molar-refractivity contribution in [3.63, 3.8) is 0 Å². The van der Waals surface area contributed by atoms with Crippen LogP contribution in [0.1, 0.15) is 18.4 Å².